The Labute approximate surface area is 164 Å². The molecule has 1 saturated heterocycles. The van der Waals surface area contributed by atoms with Crippen molar-refractivity contribution in [2.24, 2.45) is 5.92 Å². The Morgan fingerprint density at radius 3 is 2.46 bits per heavy atom. The van der Waals surface area contributed by atoms with Crippen molar-refractivity contribution in [1.29, 1.82) is 0 Å². The number of ketones is 1. The molecule has 1 N–H and O–H groups in total. The number of carbonyl (C=O) groups is 4. The third kappa shape index (κ3) is 5.55. The number of nitrogens with zero attached hydrogens (tertiary/aromatic N) is 1. The molecule has 1 aliphatic heterocycles. The molecule has 0 spiro atoms. The first-order valence-corrected chi connectivity index (χ1v) is 9.19. The summed E-state index contributed by atoms with van der Waals surface area (Å²) < 4.78 is 9.92. The van der Waals surface area contributed by atoms with E-state index in [1.807, 2.05) is 37.3 Å². The zero-order valence-electron chi connectivity index (χ0n) is 16.3. The minimum atomic E-state index is -1.34. The number of likely N-dealkylation sites (tertiary alicyclic amines) is 1. The molecule has 3 atom stereocenters. The molecule has 8 nitrogen and oxygen atoms in total. The normalized spacial score (nSPS) is 20.0. The third-order valence-corrected chi connectivity index (χ3v) is 4.82. The van der Waals surface area contributed by atoms with E-state index in [1.54, 1.807) is 0 Å². The van der Waals surface area contributed by atoms with Gasteiger partial charge in [0.05, 0.1) is 13.0 Å². The molecule has 1 aromatic rings. The lowest BCUT2D eigenvalue weighted by Gasteiger charge is -2.36. The monoisotopic (exact) mass is 390 g/mol. The van der Waals surface area contributed by atoms with Crippen molar-refractivity contribution in [1.82, 2.24) is 10.2 Å². The van der Waals surface area contributed by atoms with Gasteiger partial charge in [-0.05, 0) is 32.3 Å². The van der Waals surface area contributed by atoms with Gasteiger partial charge in [-0.3, -0.25) is 9.59 Å². The predicted octanol–water partition coefficient (Wildman–Crippen LogP) is 1.67. The van der Waals surface area contributed by atoms with Gasteiger partial charge in [0, 0.05) is 12.6 Å². The highest BCUT2D eigenvalue weighted by molar-refractivity contribution is 6.04. The van der Waals surface area contributed by atoms with E-state index >= 15 is 0 Å². The van der Waals surface area contributed by atoms with Crippen LogP contribution in [0.25, 0.3) is 0 Å². The second kappa shape index (κ2) is 9.87. The minimum absolute atomic E-state index is 0.0727. The van der Waals surface area contributed by atoms with Gasteiger partial charge in [-0.1, -0.05) is 30.3 Å². The molecule has 28 heavy (non-hydrogen) atoms. The van der Waals surface area contributed by atoms with Crippen LogP contribution < -0.4 is 5.32 Å². The van der Waals surface area contributed by atoms with Crippen molar-refractivity contribution in [2.75, 3.05) is 13.7 Å². The maximum atomic E-state index is 12.5. The average Bonchev–Trinajstić information content (AvgIpc) is 2.70. The summed E-state index contributed by atoms with van der Waals surface area (Å²) in [6.07, 6.45) is 0.660. The van der Waals surface area contributed by atoms with Gasteiger partial charge >= 0.3 is 12.1 Å². The van der Waals surface area contributed by atoms with Crippen LogP contribution in [0.2, 0.25) is 0 Å². The maximum absolute atomic E-state index is 12.5. The molecular formula is C20H26N2O6. The van der Waals surface area contributed by atoms with Gasteiger partial charge in [0.1, 0.15) is 6.61 Å². The van der Waals surface area contributed by atoms with E-state index in [0.29, 0.717) is 12.8 Å². The number of hydrogen-bond donors (Lipinski definition) is 1. The van der Waals surface area contributed by atoms with Crippen molar-refractivity contribution in [3.05, 3.63) is 35.9 Å². The Hall–Kier alpha value is -2.90. The first-order valence-electron chi connectivity index (χ1n) is 9.19. The fraction of sp³-hybridized carbons (Fsp3) is 0.500. The first kappa shape index (κ1) is 21.4. The molecule has 1 aliphatic rings. The van der Waals surface area contributed by atoms with Gasteiger partial charge in [-0.15, -0.1) is 0 Å². The van der Waals surface area contributed by atoms with Crippen molar-refractivity contribution < 1.29 is 28.7 Å². The molecule has 1 unspecified atom stereocenters. The molecule has 2 rings (SSSR count). The van der Waals surface area contributed by atoms with Crippen molar-refractivity contribution >= 4 is 23.8 Å². The summed E-state index contributed by atoms with van der Waals surface area (Å²) >= 11 is 0. The second-order valence-electron chi connectivity index (χ2n) is 6.89. The Morgan fingerprint density at radius 2 is 1.86 bits per heavy atom. The number of rotatable bonds is 6. The fourth-order valence-corrected chi connectivity index (χ4v) is 3.08. The third-order valence-electron chi connectivity index (χ3n) is 4.82. The highest BCUT2D eigenvalue weighted by Crippen LogP contribution is 2.23. The Morgan fingerprint density at radius 1 is 1.18 bits per heavy atom. The smallest absolute Gasteiger partial charge is 0.410 e. The Kier molecular flexibility index (Phi) is 7.54. The number of hydrogen-bond acceptors (Lipinski definition) is 6. The number of ether oxygens (including phenoxy) is 2. The van der Waals surface area contributed by atoms with E-state index in [1.165, 1.54) is 11.8 Å². The van der Waals surface area contributed by atoms with Crippen LogP contribution in [0.5, 0.6) is 0 Å². The summed E-state index contributed by atoms with van der Waals surface area (Å²) in [5.41, 5.74) is 0.872. The van der Waals surface area contributed by atoms with Crippen LogP contribution >= 0.6 is 0 Å². The molecular weight excluding hydrogens is 364 g/mol. The van der Waals surface area contributed by atoms with Gasteiger partial charge in [-0.2, -0.15) is 0 Å². The molecule has 2 amide bonds. The summed E-state index contributed by atoms with van der Waals surface area (Å²) in [7, 11) is 1.15. The molecule has 1 heterocycles. The molecule has 0 radical (unpaired) electrons. The van der Waals surface area contributed by atoms with E-state index in [4.69, 9.17) is 4.74 Å². The van der Waals surface area contributed by atoms with E-state index < -0.39 is 35.7 Å². The molecule has 1 fully saturated rings. The van der Waals surface area contributed by atoms with E-state index in [2.05, 4.69) is 10.1 Å². The zero-order valence-corrected chi connectivity index (χ0v) is 16.3. The van der Waals surface area contributed by atoms with Crippen LogP contribution in [0.15, 0.2) is 30.3 Å². The number of piperidine rings is 1. The second-order valence-corrected chi connectivity index (χ2v) is 6.89. The van der Waals surface area contributed by atoms with Crippen molar-refractivity contribution in [2.45, 2.75) is 45.4 Å². The standard InChI is InChI=1S/C20H26N2O6/c1-13-9-10-16(18(24)21-17(14(2)23)19(25)27-3)11-22(13)20(26)28-12-15-7-5-4-6-8-15/h4-8,13,16-17H,9-12H2,1-3H3,(H,21,24)/t13-,16-,17?/m1/s1. The van der Waals surface area contributed by atoms with Crippen LogP contribution in [0.1, 0.15) is 32.3 Å². The molecule has 0 saturated carbocycles. The van der Waals surface area contributed by atoms with Crippen molar-refractivity contribution in [3.63, 3.8) is 0 Å². The lowest BCUT2D eigenvalue weighted by molar-refractivity contribution is -0.149. The molecule has 0 aromatic heterocycles. The summed E-state index contributed by atoms with van der Waals surface area (Å²) in [6.45, 7) is 3.41. The van der Waals surface area contributed by atoms with E-state index in [-0.39, 0.29) is 19.2 Å². The lowest BCUT2D eigenvalue weighted by atomic mass is 9.92. The summed E-state index contributed by atoms with van der Waals surface area (Å²) in [5.74, 6) is -2.32. The number of carbonyl (C=O) groups excluding carboxylic acids is 4. The quantitative estimate of drug-likeness (QED) is 0.586. The summed E-state index contributed by atoms with van der Waals surface area (Å²) in [5, 5.41) is 2.43. The molecule has 152 valence electrons. The number of esters is 1. The van der Waals surface area contributed by atoms with Crippen LogP contribution in [-0.4, -0.2) is 54.4 Å². The Bertz CT molecular complexity index is 721. The number of nitrogens with one attached hydrogen (secondary N) is 1. The molecule has 0 bridgehead atoms. The largest absolute Gasteiger partial charge is 0.467 e. The molecule has 1 aromatic carbocycles. The van der Waals surface area contributed by atoms with Gasteiger partial charge in [0.2, 0.25) is 5.91 Å². The topological polar surface area (TPSA) is 102 Å². The maximum Gasteiger partial charge on any atom is 0.410 e. The number of benzene rings is 1. The summed E-state index contributed by atoms with van der Waals surface area (Å²) in [4.78, 5) is 49.8. The number of methoxy groups -OCH3 is 1. The highest BCUT2D eigenvalue weighted by Gasteiger charge is 2.36. The van der Waals surface area contributed by atoms with E-state index in [0.717, 1.165) is 12.7 Å². The minimum Gasteiger partial charge on any atom is -0.467 e. The highest BCUT2D eigenvalue weighted by atomic mass is 16.6. The van der Waals surface area contributed by atoms with Crippen molar-refractivity contribution in [3.8, 4) is 0 Å². The SMILES string of the molecule is COC(=O)C(NC(=O)[C@@H]1CC[C@@H](C)N(C(=O)OCc2ccccc2)C1)C(C)=O. The van der Waals surface area contributed by atoms with Gasteiger partial charge in [0.15, 0.2) is 11.8 Å². The van der Waals surface area contributed by atoms with Crippen LogP contribution in [0, 0.1) is 5.92 Å². The molecule has 0 aliphatic carbocycles. The van der Waals surface area contributed by atoms with Crippen LogP contribution in [-0.2, 0) is 30.5 Å². The fourth-order valence-electron chi connectivity index (χ4n) is 3.08. The van der Waals surface area contributed by atoms with Gasteiger partial charge < -0.3 is 19.7 Å². The average molecular weight is 390 g/mol. The number of amides is 2. The lowest BCUT2D eigenvalue weighted by Crippen LogP contribution is -2.53. The predicted molar refractivity (Wildman–Crippen MR) is 100 cm³/mol. The molecule has 8 heteroatoms. The Balaban J connectivity index is 1.96. The van der Waals surface area contributed by atoms with Crippen LogP contribution in [0.4, 0.5) is 4.79 Å². The zero-order chi connectivity index (χ0) is 20.7. The number of Topliss-reactive ketones (excluding diaryl/α,β-unsaturated/α-hetero) is 1. The van der Waals surface area contributed by atoms with E-state index in [9.17, 15) is 19.2 Å². The first-order chi connectivity index (χ1) is 13.3. The van der Waals surface area contributed by atoms with Gasteiger partial charge in [-0.25, -0.2) is 9.59 Å². The summed E-state index contributed by atoms with van der Waals surface area (Å²) in [6, 6.07) is 7.91. The van der Waals surface area contributed by atoms with Gasteiger partial charge in [0.25, 0.3) is 0 Å². The van der Waals surface area contributed by atoms with Crippen LogP contribution in [0.3, 0.4) is 0 Å².